The Balaban J connectivity index is 2.26. The van der Waals surface area contributed by atoms with Gasteiger partial charge in [-0.05, 0) is 0 Å². The van der Waals surface area contributed by atoms with Gasteiger partial charge in [0.1, 0.15) is 12.9 Å². The highest BCUT2D eigenvalue weighted by molar-refractivity contribution is 6.11. The predicted molar refractivity (Wildman–Crippen MR) is 37.3 cm³/mol. The molecule has 0 unspecified atom stereocenters. The molecule has 1 aliphatic rings. The third-order valence-electron chi connectivity index (χ3n) is 1.44. The first-order valence-corrected chi connectivity index (χ1v) is 3.24. The molecule has 1 saturated heterocycles. The third-order valence-corrected chi connectivity index (χ3v) is 1.44. The summed E-state index contributed by atoms with van der Waals surface area (Å²) in [7, 11) is 0. The van der Waals surface area contributed by atoms with E-state index < -0.39 is 6.03 Å². The second kappa shape index (κ2) is 2.29. The van der Waals surface area contributed by atoms with Crippen molar-refractivity contribution in [1.29, 1.82) is 0 Å². The van der Waals surface area contributed by atoms with Crippen LogP contribution in [-0.4, -0.2) is 33.7 Å². The number of aromatic nitrogens is 3. The molecule has 0 atom stereocenters. The molecular weight excluding hydrogens is 162 g/mol. The van der Waals surface area contributed by atoms with E-state index >= 15 is 0 Å². The van der Waals surface area contributed by atoms with E-state index in [1.54, 1.807) is 0 Å². The fourth-order valence-electron chi connectivity index (χ4n) is 0.935. The average molecular weight is 167 g/mol. The molecule has 2 heterocycles. The SMILES string of the molecule is O=C1CN(c2nc[nH]n2)C(=O)N1. The summed E-state index contributed by atoms with van der Waals surface area (Å²) in [5.74, 6) is -0.136. The first-order valence-electron chi connectivity index (χ1n) is 3.24. The maximum Gasteiger partial charge on any atom is 0.331 e. The minimum Gasteiger partial charge on any atom is -0.276 e. The molecule has 1 fully saturated rings. The van der Waals surface area contributed by atoms with E-state index in [1.165, 1.54) is 6.33 Å². The molecule has 1 aromatic heterocycles. The molecule has 1 aromatic rings. The number of nitrogens with zero attached hydrogens (tertiary/aromatic N) is 3. The number of nitrogens with one attached hydrogen (secondary N) is 2. The predicted octanol–water partition coefficient (Wildman–Crippen LogP) is -1.14. The monoisotopic (exact) mass is 167 g/mol. The zero-order valence-corrected chi connectivity index (χ0v) is 5.94. The first kappa shape index (κ1) is 6.77. The summed E-state index contributed by atoms with van der Waals surface area (Å²) in [6.07, 6.45) is 1.34. The number of carbonyl (C=O) groups excluding carboxylic acids is 2. The Morgan fingerprint density at radius 2 is 2.33 bits per heavy atom. The zero-order chi connectivity index (χ0) is 8.55. The van der Waals surface area contributed by atoms with Crippen LogP contribution in [0, 0.1) is 0 Å². The quantitative estimate of drug-likeness (QED) is 0.517. The van der Waals surface area contributed by atoms with Crippen LogP contribution in [0.4, 0.5) is 10.7 Å². The van der Waals surface area contributed by atoms with Crippen LogP contribution in [0.5, 0.6) is 0 Å². The Kier molecular flexibility index (Phi) is 1.29. The number of anilines is 1. The molecule has 7 heteroatoms. The van der Waals surface area contributed by atoms with Gasteiger partial charge >= 0.3 is 6.03 Å². The van der Waals surface area contributed by atoms with E-state index in [4.69, 9.17) is 0 Å². The summed E-state index contributed by atoms with van der Waals surface area (Å²) in [5.41, 5.74) is 0. The number of urea groups is 1. The maximum atomic E-state index is 11.0. The van der Waals surface area contributed by atoms with Crippen molar-refractivity contribution in [2.45, 2.75) is 0 Å². The second-order valence-corrected chi connectivity index (χ2v) is 2.24. The topological polar surface area (TPSA) is 91.0 Å². The van der Waals surface area contributed by atoms with Crippen molar-refractivity contribution in [3.63, 3.8) is 0 Å². The molecule has 0 radical (unpaired) electrons. The van der Waals surface area contributed by atoms with Crippen LogP contribution >= 0.6 is 0 Å². The Morgan fingerprint density at radius 1 is 1.50 bits per heavy atom. The van der Waals surface area contributed by atoms with E-state index in [1.807, 2.05) is 0 Å². The highest BCUT2D eigenvalue weighted by atomic mass is 16.2. The van der Waals surface area contributed by atoms with Gasteiger partial charge in [-0.25, -0.2) is 9.78 Å². The van der Waals surface area contributed by atoms with Gasteiger partial charge < -0.3 is 0 Å². The molecular formula is C5H5N5O2. The Labute approximate surface area is 66.8 Å². The third kappa shape index (κ3) is 0.911. The standard InChI is InChI=1S/C5H5N5O2/c11-3-1-10(5(12)8-3)4-6-2-7-9-4/h2H,1H2,(H,6,7,9)(H,8,11,12). The number of H-pyrrole nitrogens is 1. The number of amides is 3. The van der Waals surface area contributed by atoms with Crippen LogP contribution in [0.25, 0.3) is 0 Å². The van der Waals surface area contributed by atoms with E-state index in [9.17, 15) is 9.59 Å². The summed E-state index contributed by atoms with van der Waals surface area (Å²) in [6, 6.07) is -0.486. The van der Waals surface area contributed by atoms with Gasteiger partial charge in [-0.3, -0.25) is 20.1 Å². The van der Waals surface area contributed by atoms with Crippen molar-refractivity contribution in [1.82, 2.24) is 20.5 Å². The van der Waals surface area contributed by atoms with Crippen molar-refractivity contribution < 1.29 is 9.59 Å². The largest absolute Gasteiger partial charge is 0.331 e. The molecule has 0 bridgehead atoms. The molecule has 3 amide bonds. The first-order chi connectivity index (χ1) is 5.77. The van der Waals surface area contributed by atoms with Gasteiger partial charge in [0, 0.05) is 0 Å². The van der Waals surface area contributed by atoms with Gasteiger partial charge in [0.25, 0.3) is 5.95 Å². The summed E-state index contributed by atoms with van der Waals surface area (Å²) in [6.45, 7) is -0.0172. The lowest BCUT2D eigenvalue weighted by Gasteiger charge is -2.05. The molecule has 7 nitrogen and oxygen atoms in total. The van der Waals surface area contributed by atoms with Gasteiger partial charge in [0.2, 0.25) is 5.91 Å². The highest BCUT2D eigenvalue weighted by Gasteiger charge is 2.29. The molecule has 2 rings (SSSR count). The van der Waals surface area contributed by atoms with Crippen molar-refractivity contribution in [2.75, 3.05) is 11.4 Å². The maximum absolute atomic E-state index is 11.0. The lowest BCUT2D eigenvalue weighted by Crippen LogP contribution is -2.28. The van der Waals surface area contributed by atoms with Crippen LogP contribution in [0.15, 0.2) is 6.33 Å². The molecule has 0 aliphatic carbocycles. The molecule has 0 spiro atoms. The van der Waals surface area contributed by atoms with E-state index in [0.29, 0.717) is 0 Å². The number of rotatable bonds is 1. The number of carbonyl (C=O) groups is 2. The van der Waals surface area contributed by atoms with Gasteiger partial charge in [0.05, 0.1) is 0 Å². The summed E-state index contributed by atoms with van der Waals surface area (Å²) in [5, 5.41) is 8.22. The van der Waals surface area contributed by atoms with Gasteiger partial charge in [-0.1, -0.05) is 0 Å². The van der Waals surface area contributed by atoms with E-state index in [-0.39, 0.29) is 18.4 Å². The summed E-state index contributed by atoms with van der Waals surface area (Å²) < 4.78 is 0. The number of imide groups is 1. The van der Waals surface area contributed by atoms with Crippen LogP contribution < -0.4 is 10.2 Å². The van der Waals surface area contributed by atoms with Crippen LogP contribution in [-0.2, 0) is 4.79 Å². The normalized spacial score (nSPS) is 16.8. The fourth-order valence-corrected chi connectivity index (χ4v) is 0.935. The van der Waals surface area contributed by atoms with E-state index in [2.05, 4.69) is 20.5 Å². The summed E-state index contributed by atoms with van der Waals surface area (Å²) >= 11 is 0. The van der Waals surface area contributed by atoms with Gasteiger partial charge in [0.15, 0.2) is 0 Å². The second-order valence-electron chi connectivity index (χ2n) is 2.24. The van der Waals surface area contributed by atoms with Gasteiger partial charge in [-0.2, -0.15) is 0 Å². The molecule has 0 saturated carbocycles. The smallest absolute Gasteiger partial charge is 0.276 e. The fraction of sp³-hybridized carbons (Fsp3) is 0.200. The van der Waals surface area contributed by atoms with Gasteiger partial charge in [-0.15, -0.1) is 5.10 Å². The number of hydrogen-bond acceptors (Lipinski definition) is 4. The Hall–Kier alpha value is -1.92. The van der Waals surface area contributed by atoms with Crippen LogP contribution in [0.3, 0.4) is 0 Å². The molecule has 1 aliphatic heterocycles. The minimum absolute atomic E-state index is 0.0172. The number of hydrogen-bond donors (Lipinski definition) is 2. The molecule has 2 N–H and O–H groups in total. The van der Waals surface area contributed by atoms with Crippen LogP contribution in [0.2, 0.25) is 0 Å². The van der Waals surface area contributed by atoms with Crippen molar-refractivity contribution in [3.05, 3.63) is 6.33 Å². The minimum atomic E-state index is -0.486. The zero-order valence-electron chi connectivity index (χ0n) is 5.94. The van der Waals surface area contributed by atoms with Crippen molar-refractivity contribution in [2.24, 2.45) is 0 Å². The lowest BCUT2D eigenvalue weighted by atomic mass is 10.6. The average Bonchev–Trinajstić information content (AvgIpc) is 2.58. The number of aromatic amines is 1. The lowest BCUT2D eigenvalue weighted by molar-refractivity contribution is -0.117. The molecule has 12 heavy (non-hydrogen) atoms. The highest BCUT2D eigenvalue weighted by Crippen LogP contribution is 2.07. The van der Waals surface area contributed by atoms with Crippen LogP contribution in [0.1, 0.15) is 0 Å². The van der Waals surface area contributed by atoms with E-state index in [0.717, 1.165) is 4.90 Å². The van der Waals surface area contributed by atoms with Crippen molar-refractivity contribution in [3.8, 4) is 0 Å². The Bertz CT molecular complexity index is 319. The Morgan fingerprint density at radius 3 is 2.83 bits per heavy atom. The summed E-state index contributed by atoms with van der Waals surface area (Å²) in [4.78, 5) is 26.6. The van der Waals surface area contributed by atoms with Crippen molar-refractivity contribution >= 4 is 17.9 Å². The molecule has 0 aromatic carbocycles. The molecule has 62 valence electrons.